The van der Waals surface area contributed by atoms with Gasteiger partial charge in [0.1, 0.15) is 6.04 Å². The molecular formula is C20H18N4O5S2. The molecule has 9 nitrogen and oxygen atoms in total. The van der Waals surface area contributed by atoms with Crippen LogP contribution in [-0.2, 0) is 14.8 Å². The van der Waals surface area contributed by atoms with Gasteiger partial charge in [-0.1, -0.05) is 37.3 Å². The van der Waals surface area contributed by atoms with Crippen LogP contribution in [0.15, 0.2) is 47.4 Å². The number of rotatable bonds is 5. The molecule has 160 valence electrons. The molecule has 0 fully saturated rings. The first kappa shape index (κ1) is 21.1. The lowest BCUT2D eigenvalue weighted by Gasteiger charge is -2.27. The summed E-state index contributed by atoms with van der Waals surface area (Å²) in [5, 5.41) is 8.03. The van der Waals surface area contributed by atoms with Crippen molar-refractivity contribution in [2.75, 3.05) is 5.32 Å². The van der Waals surface area contributed by atoms with E-state index in [1.807, 2.05) is 0 Å². The van der Waals surface area contributed by atoms with Gasteiger partial charge in [0.2, 0.25) is 15.9 Å². The molecule has 3 amide bonds. The van der Waals surface area contributed by atoms with Crippen LogP contribution in [0, 0.1) is 5.92 Å². The molecular weight excluding hydrogens is 440 g/mol. The summed E-state index contributed by atoms with van der Waals surface area (Å²) in [6, 6.07) is 9.60. The number of nitrogens with zero attached hydrogens (tertiary/aromatic N) is 2. The molecule has 31 heavy (non-hydrogen) atoms. The zero-order valence-corrected chi connectivity index (χ0v) is 18.2. The second-order valence-corrected chi connectivity index (χ2v) is 9.99. The first-order valence-electron chi connectivity index (χ1n) is 9.29. The van der Waals surface area contributed by atoms with Gasteiger partial charge in [0.25, 0.3) is 11.8 Å². The molecule has 0 bridgehead atoms. The number of amides is 3. The van der Waals surface area contributed by atoms with Crippen LogP contribution >= 0.6 is 11.3 Å². The van der Waals surface area contributed by atoms with Crippen molar-refractivity contribution in [2.24, 2.45) is 11.1 Å². The molecule has 0 aliphatic carbocycles. The zero-order valence-electron chi connectivity index (χ0n) is 16.5. The number of fused-ring (bicyclic) bond motifs is 2. The molecule has 0 saturated carbocycles. The van der Waals surface area contributed by atoms with E-state index < -0.39 is 33.8 Å². The summed E-state index contributed by atoms with van der Waals surface area (Å²) in [5.41, 5.74) is 1.01. The molecule has 2 aromatic carbocycles. The maximum atomic E-state index is 13.1. The number of nitrogens with two attached hydrogens (primary N) is 1. The number of carbonyl (C=O) groups is 3. The van der Waals surface area contributed by atoms with E-state index in [0.29, 0.717) is 10.2 Å². The van der Waals surface area contributed by atoms with Gasteiger partial charge in [-0.05, 0) is 36.2 Å². The lowest BCUT2D eigenvalue weighted by molar-refractivity contribution is -0.121. The van der Waals surface area contributed by atoms with Gasteiger partial charge in [-0.15, -0.1) is 0 Å². The van der Waals surface area contributed by atoms with E-state index in [-0.39, 0.29) is 27.1 Å². The number of primary sulfonamides is 1. The van der Waals surface area contributed by atoms with E-state index in [0.717, 1.165) is 16.2 Å². The van der Waals surface area contributed by atoms with Crippen molar-refractivity contribution in [3.63, 3.8) is 0 Å². The topological polar surface area (TPSA) is 140 Å². The number of aromatic nitrogens is 1. The normalized spacial score (nSPS) is 14.9. The summed E-state index contributed by atoms with van der Waals surface area (Å²) in [6.07, 6.45) is 0. The van der Waals surface area contributed by atoms with Crippen LogP contribution in [0.25, 0.3) is 10.2 Å². The van der Waals surface area contributed by atoms with E-state index in [9.17, 15) is 22.8 Å². The summed E-state index contributed by atoms with van der Waals surface area (Å²) in [6.45, 7) is 3.48. The fourth-order valence-corrected chi connectivity index (χ4v) is 5.02. The van der Waals surface area contributed by atoms with Gasteiger partial charge in [0.15, 0.2) is 5.13 Å². The Morgan fingerprint density at radius 2 is 1.71 bits per heavy atom. The molecule has 3 aromatic rings. The van der Waals surface area contributed by atoms with Gasteiger partial charge < -0.3 is 5.32 Å². The third kappa shape index (κ3) is 3.71. The highest BCUT2D eigenvalue weighted by atomic mass is 32.2. The highest BCUT2D eigenvalue weighted by molar-refractivity contribution is 7.89. The highest BCUT2D eigenvalue weighted by Crippen LogP contribution is 2.30. The van der Waals surface area contributed by atoms with E-state index in [4.69, 9.17) is 5.14 Å². The van der Waals surface area contributed by atoms with Crippen LogP contribution in [0.3, 0.4) is 0 Å². The molecule has 1 aliphatic heterocycles. The summed E-state index contributed by atoms with van der Waals surface area (Å²) >= 11 is 1.07. The number of benzene rings is 2. The van der Waals surface area contributed by atoms with Gasteiger partial charge in [0.05, 0.1) is 26.2 Å². The van der Waals surface area contributed by atoms with Crippen molar-refractivity contribution >= 4 is 54.4 Å². The van der Waals surface area contributed by atoms with Crippen LogP contribution in [-0.4, -0.2) is 42.1 Å². The van der Waals surface area contributed by atoms with E-state index in [1.165, 1.54) is 18.2 Å². The van der Waals surface area contributed by atoms with Crippen LogP contribution in [0.5, 0.6) is 0 Å². The lowest BCUT2D eigenvalue weighted by atomic mass is 10.0. The third-order valence-corrected chi connectivity index (χ3v) is 6.77. The van der Waals surface area contributed by atoms with Crippen LogP contribution < -0.4 is 10.5 Å². The van der Waals surface area contributed by atoms with Gasteiger partial charge >= 0.3 is 0 Å². The fraction of sp³-hybridized carbons (Fsp3) is 0.200. The van der Waals surface area contributed by atoms with Crippen molar-refractivity contribution in [1.82, 2.24) is 9.88 Å². The van der Waals surface area contributed by atoms with E-state index >= 15 is 0 Å². The number of thiazole rings is 1. The number of carbonyl (C=O) groups excluding carboxylic acids is 3. The molecule has 1 aliphatic rings. The van der Waals surface area contributed by atoms with Gasteiger partial charge in [0, 0.05) is 0 Å². The van der Waals surface area contributed by atoms with Crippen molar-refractivity contribution in [1.29, 1.82) is 0 Å². The monoisotopic (exact) mass is 458 g/mol. The SMILES string of the molecule is CC(C)C(C(=O)Nc1nc2ccc(S(N)(=O)=O)cc2s1)N1C(=O)c2ccccc2C1=O. The fourth-order valence-electron chi connectivity index (χ4n) is 3.49. The lowest BCUT2D eigenvalue weighted by Crippen LogP contribution is -2.50. The minimum Gasteiger partial charge on any atom is -0.300 e. The second-order valence-electron chi connectivity index (χ2n) is 7.40. The number of hydrogen-bond donors (Lipinski definition) is 2. The van der Waals surface area contributed by atoms with Crippen molar-refractivity contribution in [3.8, 4) is 0 Å². The Kier molecular flexibility index (Phi) is 5.12. The summed E-state index contributed by atoms with van der Waals surface area (Å²) in [4.78, 5) is 43.9. The molecule has 0 saturated heterocycles. The predicted molar refractivity (Wildman–Crippen MR) is 115 cm³/mol. The second kappa shape index (κ2) is 7.52. The predicted octanol–water partition coefficient (Wildman–Crippen LogP) is 2.20. The van der Waals surface area contributed by atoms with Crippen molar-refractivity contribution in [3.05, 3.63) is 53.6 Å². The Hall–Kier alpha value is -3.15. The zero-order chi connectivity index (χ0) is 22.5. The number of nitrogens with one attached hydrogen (secondary N) is 1. The Morgan fingerprint density at radius 1 is 1.10 bits per heavy atom. The van der Waals surface area contributed by atoms with Gasteiger partial charge in [-0.2, -0.15) is 0 Å². The third-order valence-electron chi connectivity index (χ3n) is 4.92. The number of sulfonamides is 1. The molecule has 3 N–H and O–H groups in total. The Bertz CT molecular complexity index is 1310. The average molecular weight is 459 g/mol. The number of hydrogen-bond acceptors (Lipinski definition) is 7. The maximum Gasteiger partial charge on any atom is 0.262 e. The standard InChI is InChI=1S/C20H18N4O5S2/c1-10(2)16(24-18(26)12-5-3-4-6-13(12)19(24)27)17(25)23-20-22-14-8-7-11(31(21,28)29)9-15(14)30-20/h3-10,16H,1-2H3,(H2,21,28,29)(H,22,23,25). The van der Waals surface area contributed by atoms with Gasteiger partial charge in [-0.25, -0.2) is 18.5 Å². The number of imide groups is 1. The van der Waals surface area contributed by atoms with Crippen LogP contribution in [0.4, 0.5) is 5.13 Å². The van der Waals surface area contributed by atoms with E-state index in [1.54, 1.807) is 38.1 Å². The largest absolute Gasteiger partial charge is 0.300 e. The van der Waals surface area contributed by atoms with Crippen LogP contribution in [0.1, 0.15) is 34.6 Å². The molecule has 11 heteroatoms. The number of anilines is 1. The quantitative estimate of drug-likeness (QED) is 0.562. The first-order valence-corrected chi connectivity index (χ1v) is 11.7. The summed E-state index contributed by atoms with van der Waals surface area (Å²) in [5.74, 6) is -1.95. The summed E-state index contributed by atoms with van der Waals surface area (Å²) in [7, 11) is -3.87. The average Bonchev–Trinajstić information content (AvgIpc) is 3.20. The molecule has 0 radical (unpaired) electrons. The molecule has 2 heterocycles. The van der Waals surface area contributed by atoms with Crippen molar-refractivity contribution in [2.45, 2.75) is 24.8 Å². The minimum atomic E-state index is -3.87. The molecule has 1 unspecified atom stereocenters. The molecule has 1 atom stereocenters. The van der Waals surface area contributed by atoms with Crippen LogP contribution in [0.2, 0.25) is 0 Å². The maximum absolute atomic E-state index is 13.1. The van der Waals surface area contributed by atoms with E-state index in [2.05, 4.69) is 10.3 Å². The van der Waals surface area contributed by atoms with Gasteiger partial charge in [-0.3, -0.25) is 19.3 Å². The highest BCUT2D eigenvalue weighted by Gasteiger charge is 2.44. The molecule has 0 spiro atoms. The Balaban J connectivity index is 1.63. The Labute approximate surface area is 181 Å². The first-order chi connectivity index (χ1) is 14.6. The minimum absolute atomic E-state index is 0.0624. The molecule has 4 rings (SSSR count). The molecule has 1 aromatic heterocycles. The van der Waals surface area contributed by atoms with Crippen molar-refractivity contribution < 1.29 is 22.8 Å². The summed E-state index contributed by atoms with van der Waals surface area (Å²) < 4.78 is 23.6. The Morgan fingerprint density at radius 3 is 2.26 bits per heavy atom. The smallest absolute Gasteiger partial charge is 0.262 e.